The first kappa shape index (κ1) is 27.9. The molecule has 4 unspecified atom stereocenters. The Kier molecular flexibility index (Phi) is 10.3. The number of hydrogen-bond acceptors (Lipinski definition) is 8. The maximum atomic E-state index is 13.5. The Morgan fingerprint density at radius 3 is 2.34 bits per heavy atom. The largest absolute Gasteiger partial charge is 0.508 e. The van der Waals surface area contributed by atoms with E-state index in [-0.39, 0.29) is 37.3 Å². The monoisotopic (exact) mass is 509 g/mol. The van der Waals surface area contributed by atoms with Crippen LogP contribution in [0.5, 0.6) is 5.75 Å². The summed E-state index contributed by atoms with van der Waals surface area (Å²) in [6.07, 6.45) is 0.467. The SMILES string of the molecule is NC(=O)CCC(NC(=O)C1CCCN1C(=O)C(Cc1ccc(O)cc1)NC(=O)C(N)CS)C(=O)O. The van der Waals surface area contributed by atoms with Gasteiger partial charge in [0, 0.05) is 25.1 Å². The highest BCUT2D eigenvalue weighted by Gasteiger charge is 2.39. The molecule has 192 valence electrons. The average molecular weight is 510 g/mol. The normalized spacial score (nSPS) is 17.8. The van der Waals surface area contributed by atoms with Crippen LogP contribution < -0.4 is 22.1 Å². The molecule has 35 heavy (non-hydrogen) atoms. The molecule has 0 saturated carbocycles. The number of rotatable bonds is 12. The molecule has 13 heteroatoms. The van der Waals surface area contributed by atoms with Gasteiger partial charge in [-0.25, -0.2) is 4.79 Å². The quantitative estimate of drug-likeness (QED) is 0.165. The number of carboxylic acid groups (broad SMARTS) is 1. The Balaban J connectivity index is 2.20. The van der Waals surface area contributed by atoms with Crippen molar-refractivity contribution in [3.05, 3.63) is 29.8 Å². The lowest BCUT2D eigenvalue weighted by molar-refractivity contribution is -0.145. The van der Waals surface area contributed by atoms with E-state index in [1.165, 1.54) is 17.0 Å². The van der Waals surface area contributed by atoms with Crippen LogP contribution in [0.3, 0.4) is 0 Å². The summed E-state index contributed by atoms with van der Waals surface area (Å²) >= 11 is 4.01. The molecule has 12 nitrogen and oxygen atoms in total. The molecule has 1 aliphatic heterocycles. The zero-order valence-corrected chi connectivity index (χ0v) is 19.9. The molecule has 1 fully saturated rings. The van der Waals surface area contributed by atoms with Gasteiger partial charge in [0.05, 0.1) is 6.04 Å². The van der Waals surface area contributed by atoms with Crippen LogP contribution in [0.25, 0.3) is 0 Å². The van der Waals surface area contributed by atoms with Gasteiger partial charge in [0.15, 0.2) is 0 Å². The Morgan fingerprint density at radius 2 is 1.77 bits per heavy atom. The van der Waals surface area contributed by atoms with Gasteiger partial charge in [-0.05, 0) is 37.0 Å². The lowest BCUT2D eigenvalue weighted by Gasteiger charge is -2.30. The smallest absolute Gasteiger partial charge is 0.326 e. The Labute approximate surface area is 207 Å². The van der Waals surface area contributed by atoms with Crippen LogP contribution >= 0.6 is 12.6 Å². The summed E-state index contributed by atoms with van der Waals surface area (Å²) in [5.41, 5.74) is 11.5. The second-order valence-electron chi connectivity index (χ2n) is 8.31. The van der Waals surface area contributed by atoms with Gasteiger partial charge in [0.1, 0.15) is 23.9 Å². The molecule has 8 N–H and O–H groups in total. The highest BCUT2D eigenvalue weighted by Crippen LogP contribution is 2.21. The van der Waals surface area contributed by atoms with Crippen LogP contribution in [-0.4, -0.2) is 81.2 Å². The second kappa shape index (κ2) is 13.0. The maximum absolute atomic E-state index is 13.5. The van der Waals surface area contributed by atoms with E-state index in [1.807, 2.05) is 0 Å². The van der Waals surface area contributed by atoms with E-state index in [1.54, 1.807) is 12.1 Å². The number of carboxylic acids is 1. The zero-order chi connectivity index (χ0) is 26.1. The lowest BCUT2D eigenvalue weighted by Crippen LogP contribution is -2.57. The van der Waals surface area contributed by atoms with Crippen molar-refractivity contribution in [2.75, 3.05) is 12.3 Å². The number of likely N-dealkylation sites (tertiary alicyclic amines) is 1. The molecule has 0 aliphatic carbocycles. The molecule has 0 spiro atoms. The molecule has 1 aromatic carbocycles. The zero-order valence-electron chi connectivity index (χ0n) is 19.1. The predicted molar refractivity (Wildman–Crippen MR) is 128 cm³/mol. The van der Waals surface area contributed by atoms with E-state index >= 15 is 0 Å². The van der Waals surface area contributed by atoms with Crippen molar-refractivity contribution in [2.45, 2.75) is 56.3 Å². The molecule has 2 rings (SSSR count). The van der Waals surface area contributed by atoms with Gasteiger partial charge in [-0.3, -0.25) is 19.2 Å². The van der Waals surface area contributed by atoms with Crippen LogP contribution in [0.1, 0.15) is 31.2 Å². The second-order valence-corrected chi connectivity index (χ2v) is 8.68. The van der Waals surface area contributed by atoms with Crippen molar-refractivity contribution >= 4 is 42.2 Å². The van der Waals surface area contributed by atoms with Gasteiger partial charge in [-0.1, -0.05) is 12.1 Å². The summed E-state index contributed by atoms with van der Waals surface area (Å²) in [5, 5.41) is 23.9. The number of thiol groups is 1. The molecule has 0 bridgehead atoms. The lowest BCUT2D eigenvalue weighted by atomic mass is 10.0. The van der Waals surface area contributed by atoms with Gasteiger partial charge in [0.2, 0.25) is 23.6 Å². The number of benzene rings is 1. The number of nitrogens with two attached hydrogens (primary N) is 2. The fraction of sp³-hybridized carbons (Fsp3) is 0.500. The number of phenolic OH excluding ortho intramolecular Hbond substituents is 1. The Bertz CT molecular complexity index is 943. The van der Waals surface area contributed by atoms with E-state index in [9.17, 15) is 34.2 Å². The Hall–Kier alpha value is -3.32. The predicted octanol–water partition coefficient (Wildman–Crippen LogP) is -1.50. The van der Waals surface area contributed by atoms with Gasteiger partial charge < -0.3 is 37.2 Å². The summed E-state index contributed by atoms with van der Waals surface area (Å²) < 4.78 is 0. The molecule has 1 aromatic rings. The molecule has 0 radical (unpaired) electrons. The molecule has 4 amide bonds. The third-order valence-electron chi connectivity index (χ3n) is 5.66. The van der Waals surface area contributed by atoms with E-state index in [0.29, 0.717) is 18.4 Å². The van der Waals surface area contributed by atoms with E-state index < -0.39 is 53.8 Å². The summed E-state index contributed by atoms with van der Waals surface area (Å²) in [6, 6.07) is 1.80. The van der Waals surface area contributed by atoms with Gasteiger partial charge in [0.25, 0.3) is 0 Å². The van der Waals surface area contributed by atoms with Crippen molar-refractivity contribution < 1.29 is 34.2 Å². The molecule has 0 aromatic heterocycles. The number of phenols is 1. The maximum Gasteiger partial charge on any atom is 0.326 e. The first-order valence-electron chi connectivity index (χ1n) is 11.1. The van der Waals surface area contributed by atoms with Crippen LogP contribution in [0.15, 0.2) is 24.3 Å². The summed E-state index contributed by atoms with van der Waals surface area (Å²) in [7, 11) is 0. The molecule has 4 atom stereocenters. The van der Waals surface area contributed by atoms with E-state index in [0.717, 1.165) is 0 Å². The van der Waals surface area contributed by atoms with Crippen molar-refractivity contribution in [2.24, 2.45) is 11.5 Å². The molecule has 1 heterocycles. The number of carbonyl (C=O) groups excluding carboxylic acids is 4. The summed E-state index contributed by atoms with van der Waals surface area (Å²) in [6.45, 7) is 0.233. The number of nitrogens with zero attached hydrogens (tertiary/aromatic N) is 1. The number of nitrogens with one attached hydrogen (secondary N) is 2. The first-order valence-corrected chi connectivity index (χ1v) is 11.7. The minimum absolute atomic E-state index is 0.0401. The number of hydrogen-bond donors (Lipinski definition) is 7. The molecule has 1 saturated heterocycles. The minimum atomic E-state index is -1.34. The molecule has 1 aliphatic rings. The average Bonchev–Trinajstić information content (AvgIpc) is 3.31. The van der Waals surface area contributed by atoms with Crippen molar-refractivity contribution in [1.29, 1.82) is 0 Å². The van der Waals surface area contributed by atoms with Crippen molar-refractivity contribution in [3.8, 4) is 5.75 Å². The number of amides is 4. The molecular formula is C22H31N5O7S. The third-order valence-corrected chi connectivity index (χ3v) is 6.05. The molecular weight excluding hydrogens is 478 g/mol. The van der Waals surface area contributed by atoms with Crippen LogP contribution in [-0.2, 0) is 30.4 Å². The van der Waals surface area contributed by atoms with Gasteiger partial charge in [-0.2, -0.15) is 12.6 Å². The highest BCUT2D eigenvalue weighted by atomic mass is 32.1. The first-order chi connectivity index (χ1) is 16.5. The van der Waals surface area contributed by atoms with Crippen LogP contribution in [0.2, 0.25) is 0 Å². The van der Waals surface area contributed by atoms with Gasteiger partial charge in [-0.15, -0.1) is 0 Å². The fourth-order valence-corrected chi connectivity index (χ4v) is 3.91. The van der Waals surface area contributed by atoms with Crippen molar-refractivity contribution in [3.63, 3.8) is 0 Å². The number of primary amides is 1. The summed E-state index contributed by atoms with van der Waals surface area (Å²) in [5.74, 6) is -3.71. The topological polar surface area (TPSA) is 205 Å². The highest BCUT2D eigenvalue weighted by molar-refractivity contribution is 7.80. The van der Waals surface area contributed by atoms with Crippen LogP contribution in [0.4, 0.5) is 0 Å². The summed E-state index contributed by atoms with van der Waals surface area (Å²) in [4.78, 5) is 62.6. The standard InChI is InChI=1S/C22H31N5O7S/c23-14(11-35)19(30)26-16(10-12-3-5-13(28)6-4-12)21(32)27-9-1-2-17(27)20(31)25-15(22(33)34)7-8-18(24)29/h3-6,14-17,28,35H,1-2,7-11,23H2,(H2,24,29)(H,25,31)(H,26,30)(H,33,34). The van der Waals surface area contributed by atoms with Gasteiger partial charge >= 0.3 is 5.97 Å². The Morgan fingerprint density at radius 1 is 1.11 bits per heavy atom. The third kappa shape index (κ3) is 8.14. The number of carbonyl (C=O) groups is 5. The minimum Gasteiger partial charge on any atom is -0.508 e. The number of aliphatic carboxylic acids is 1. The van der Waals surface area contributed by atoms with E-state index in [2.05, 4.69) is 23.3 Å². The van der Waals surface area contributed by atoms with E-state index in [4.69, 9.17) is 11.5 Å². The number of aromatic hydroxyl groups is 1. The van der Waals surface area contributed by atoms with Crippen molar-refractivity contribution in [1.82, 2.24) is 15.5 Å². The van der Waals surface area contributed by atoms with Crippen LogP contribution in [0, 0.1) is 0 Å². The fourth-order valence-electron chi connectivity index (χ4n) is 3.74.